The molecular weight excluding hydrogens is 392 g/mol. The van der Waals surface area contributed by atoms with Gasteiger partial charge < -0.3 is 14.7 Å². The van der Waals surface area contributed by atoms with Gasteiger partial charge in [-0.25, -0.2) is 0 Å². The van der Waals surface area contributed by atoms with Gasteiger partial charge in [-0.15, -0.1) is 0 Å². The number of nitrogens with zero attached hydrogens (tertiary/aromatic N) is 6. The summed E-state index contributed by atoms with van der Waals surface area (Å²) < 4.78 is 11.7. The van der Waals surface area contributed by atoms with E-state index in [0.29, 0.717) is 73.3 Å². The van der Waals surface area contributed by atoms with E-state index in [-0.39, 0.29) is 5.69 Å². The van der Waals surface area contributed by atoms with Crippen molar-refractivity contribution < 1.29 is 13.9 Å². The molecule has 148 valence electrons. The van der Waals surface area contributed by atoms with Gasteiger partial charge in [0.25, 0.3) is 0 Å². The number of carbonyl (C=O) groups is 1. The second-order valence-corrected chi connectivity index (χ2v) is 9.10. The predicted molar refractivity (Wildman–Crippen MR) is 105 cm³/mol. The quantitative estimate of drug-likeness (QED) is 0.214. The zero-order chi connectivity index (χ0) is 19.4. The van der Waals surface area contributed by atoms with Crippen molar-refractivity contribution >= 4 is 46.4 Å². The third-order valence-corrected chi connectivity index (χ3v) is 6.63. The first-order valence-corrected chi connectivity index (χ1v) is 11.2. The van der Waals surface area contributed by atoms with Gasteiger partial charge in [-0.2, -0.15) is 9.97 Å². The summed E-state index contributed by atoms with van der Waals surface area (Å²) in [5, 5.41) is 12.1. The van der Waals surface area contributed by atoms with E-state index < -0.39 is 15.7 Å². The molecular formula is C15H22N6O4S2. The molecule has 0 bridgehead atoms. The van der Waals surface area contributed by atoms with E-state index >= 15 is 0 Å². The number of anilines is 2. The van der Waals surface area contributed by atoms with E-state index in [1.165, 1.54) is 11.8 Å². The van der Waals surface area contributed by atoms with Gasteiger partial charge in [0.15, 0.2) is 5.03 Å². The third-order valence-electron chi connectivity index (χ3n) is 4.51. The molecule has 12 heteroatoms. The van der Waals surface area contributed by atoms with Crippen molar-refractivity contribution in [3.8, 4) is 0 Å². The van der Waals surface area contributed by atoms with Crippen LogP contribution in [-0.2, 0) is 15.6 Å². The lowest BCUT2D eigenvalue weighted by Crippen LogP contribution is -2.46. The lowest BCUT2D eigenvalue weighted by molar-refractivity contribution is -0.387. The lowest BCUT2D eigenvalue weighted by Gasteiger charge is -2.33. The van der Waals surface area contributed by atoms with Crippen LogP contribution in [-0.4, -0.2) is 86.9 Å². The number of hydrogen-bond donors (Lipinski definition) is 0. The maximum atomic E-state index is 11.8. The highest BCUT2D eigenvalue weighted by atomic mass is 32.2. The van der Waals surface area contributed by atoms with Gasteiger partial charge >= 0.3 is 5.69 Å². The van der Waals surface area contributed by atoms with Crippen LogP contribution >= 0.6 is 11.8 Å². The summed E-state index contributed by atoms with van der Waals surface area (Å²) in [5.41, 5.74) is -0.0789. The Morgan fingerprint density at radius 3 is 2.37 bits per heavy atom. The number of aromatic nitrogens is 2. The Bertz CT molecular complexity index is 731. The third kappa shape index (κ3) is 4.49. The van der Waals surface area contributed by atoms with Gasteiger partial charge in [-0.1, -0.05) is 18.7 Å². The highest BCUT2D eigenvalue weighted by Gasteiger charge is 2.32. The van der Waals surface area contributed by atoms with E-state index in [1.54, 1.807) is 4.90 Å². The molecule has 1 aromatic heterocycles. The molecule has 0 aromatic carbocycles. The predicted octanol–water partition coefficient (Wildman–Crippen LogP) is 0.344. The summed E-state index contributed by atoms with van der Waals surface area (Å²) >= 11 is 1.32. The number of carbonyl (C=O) groups excluding carboxylic acids is 1. The molecule has 0 spiro atoms. The number of nitro groups is 1. The average molecular weight is 415 g/mol. The number of amides is 1. The van der Waals surface area contributed by atoms with Gasteiger partial charge in [0.2, 0.25) is 18.2 Å². The Balaban J connectivity index is 1.98. The number of hydrogen-bond acceptors (Lipinski definition) is 9. The SMILES string of the molecule is CCSc1nc(N2CCN(C=O)CC2)nc(N2CCS(=O)CC2)c1[N+](=O)[O-]. The molecule has 0 aliphatic carbocycles. The molecule has 0 N–H and O–H groups in total. The van der Waals surface area contributed by atoms with Crippen LogP contribution in [0.4, 0.5) is 17.5 Å². The molecule has 0 saturated carbocycles. The molecule has 2 fully saturated rings. The smallest absolute Gasteiger partial charge is 0.343 e. The second kappa shape index (κ2) is 8.83. The van der Waals surface area contributed by atoms with E-state index in [2.05, 4.69) is 9.97 Å². The highest BCUT2D eigenvalue weighted by Crippen LogP contribution is 2.37. The summed E-state index contributed by atoms with van der Waals surface area (Å²) in [6.07, 6.45) is 0.825. The normalized spacial score (nSPS) is 18.6. The molecule has 0 atom stereocenters. The minimum absolute atomic E-state index is 0.0789. The molecule has 1 aromatic rings. The molecule has 10 nitrogen and oxygen atoms in total. The Kier molecular flexibility index (Phi) is 6.47. The van der Waals surface area contributed by atoms with E-state index in [4.69, 9.17) is 0 Å². The summed E-state index contributed by atoms with van der Waals surface area (Å²) in [7, 11) is -0.885. The topological polar surface area (TPSA) is 113 Å². The van der Waals surface area contributed by atoms with E-state index in [0.717, 1.165) is 6.41 Å². The fourth-order valence-electron chi connectivity index (χ4n) is 3.05. The summed E-state index contributed by atoms with van der Waals surface area (Å²) in [6.45, 7) is 5.16. The van der Waals surface area contributed by atoms with E-state index in [1.807, 2.05) is 16.7 Å². The minimum atomic E-state index is -0.885. The van der Waals surface area contributed by atoms with Crippen LogP contribution in [0.1, 0.15) is 6.92 Å². The Hall–Kier alpha value is -1.95. The molecule has 3 rings (SSSR count). The molecule has 2 aliphatic heterocycles. The van der Waals surface area contributed by atoms with Crippen LogP contribution in [0.3, 0.4) is 0 Å². The van der Waals surface area contributed by atoms with Crippen LogP contribution in [0, 0.1) is 10.1 Å². The number of thioether (sulfide) groups is 1. The van der Waals surface area contributed by atoms with Crippen LogP contribution in [0.15, 0.2) is 5.03 Å². The number of rotatable bonds is 6. The number of piperazine rings is 1. The van der Waals surface area contributed by atoms with Crippen molar-refractivity contribution in [2.75, 3.05) is 66.3 Å². The zero-order valence-electron chi connectivity index (χ0n) is 15.1. The van der Waals surface area contributed by atoms with Crippen molar-refractivity contribution in [1.82, 2.24) is 14.9 Å². The van der Waals surface area contributed by atoms with Gasteiger partial charge in [0.05, 0.1) is 4.92 Å². The molecule has 2 aliphatic rings. The first-order valence-electron chi connectivity index (χ1n) is 8.77. The molecule has 1 amide bonds. The van der Waals surface area contributed by atoms with Crippen LogP contribution in [0.2, 0.25) is 0 Å². The summed E-state index contributed by atoms with van der Waals surface area (Å²) in [6, 6.07) is 0. The van der Waals surface area contributed by atoms with Crippen molar-refractivity contribution in [2.24, 2.45) is 0 Å². The standard InChI is InChI=1S/C15H22N6O4S2/c1-2-26-14-12(21(23)24)13(19-7-9-27(25)10-8-19)16-15(17-14)20-5-3-18(11-22)4-6-20/h11H,2-10H2,1H3. The lowest BCUT2D eigenvalue weighted by atomic mass is 10.3. The zero-order valence-corrected chi connectivity index (χ0v) is 16.7. The van der Waals surface area contributed by atoms with Gasteiger partial charge in [-0.3, -0.25) is 19.1 Å². The fraction of sp³-hybridized carbons (Fsp3) is 0.667. The first kappa shape index (κ1) is 19.8. The van der Waals surface area contributed by atoms with Crippen LogP contribution in [0.5, 0.6) is 0 Å². The average Bonchev–Trinajstić information content (AvgIpc) is 2.68. The highest BCUT2D eigenvalue weighted by molar-refractivity contribution is 7.99. The molecule has 0 radical (unpaired) electrons. The maximum Gasteiger partial charge on any atom is 0.343 e. The van der Waals surface area contributed by atoms with Crippen LogP contribution < -0.4 is 9.80 Å². The molecule has 2 saturated heterocycles. The molecule has 3 heterocycles. The summed E-state index contributed by atoms with van der Waals surface area (Å²) in [5.74, 6) is 2.36. The monoisotopic (exact) mass is 414 g/mol. The van der Waals surface area contributed by atoms with Gasteiger partial charge in [-0.05, 0) is 5.75 Å². The van der Waals surface area contributed by atoms with Crippen molar-refractivity contribution in [3.05, 3.63) is 10.1 Å². The fourth-order valence-corrected chi connectivity index (χ4v) is 4.82. The minimum Gasteiger partial charge on any atom is -0.349 e. The van der Waals surface area contributed by atoms with Crippen molar-refractivity contribution in [1.29, 1.82) is 0 Å². The summed E-state index contributed by atoms with van der Waals surface area (Å²) in [4.78, 5) is 36.7. The van der Waals surface area contributed by atoms with E-state index in [9.17, 15) is 19.1 Å². The van der Waals surface area contributed by atoms with Crippen molar-refractivity contribution in [3.63, 3.8) is 0 Å². The first-order chi connectivity index (χ1) is 13.0. The van der Waals surface area contributed by atoms with Gasteiger partial charge in [0, 0.05) is 61.6 Å². The van der Waals surface area contributed by atoms with Gasteiger partial charge in [0.1, 0.15) is 0 Å². The Morgan fingerprint density at radius 1 is 1.15 bits per heavy atom. The largest absolute Gasteiger partial charge is 0.349 e. The van der Waals surface area contributed by atoms with Crippen molar-refractivity contribution in [2.45, 2.75) is 11.9 Å². The molecule has 0 unspecified atom stereocenters. The van der Waals surface area contributed by atoms with Crippen LogP contribution in [0.25, 0.3) is 0 Å². The Labute approximate surface area is 163 Å². The Morgan fingerprint density at radius 2 is 1.81 bits per heavy atom. The maximum absolute atomic E-state index is 11.8. The molecule has 27 heavy (non-hydrogen) atoms. The second-order valence-electron chi connectivity index (χ2n) is 6.15.